The van der Waals surface area contributed by atoms with Gasteiger partial charge in [0.15, 0.2) is 11.6 Å². The van der Waals surface area contributed by atoms with E-state index in [0.717, 1.165) is 0 Å². The van der Waals surface area contributed by atoms with Gasteiger partial charge >= 0.3 is 0 Å². The summed E-state index contributed by atoms with van der Waals surface area (Å²) in [6.07, 6.45) is -0.899. The minimum atomic E-state index is -0.899. The van der Waals surface area contributed by atoms with E-state index in [2.05, 4.69) is 12.2 Å². The fraction of sp³-hybridized carbons (Fsp3) is 0.211. The van der Waals surface area contributed by atoms with E-state index in [-0.39, 0.29) is 17.5 Å². The number of carbonyl (C=O) groups is 2. The molecule has 2 N–H and O–H groups in total. The molecule has 0 bridgehead atoms. The van der Waals surface area contributed by atoms with Gasteiger partial charge < -0.3 is 12.0 Å². The van der Waals surface area contributed by atoms with Crippen molar-refractivity contribution in [2.24, 2.45) is 5.92 Å². The van der Waals surface area contributed by atoms with E-state index in [9.17, 15) is 14.7 Å². The summed E-state index contributed by atoms with van der Waals surface area (Å²) in [5.74, 6) is -0.192. The summed E-state index contributed by atoms with van der Waals surface area (Å²) in [5.41, 5.74) is 2.13. The van der Waals surface area contributed by atoms with Crippen molar-refractivity contribution in [1.29, 1.82) is 0 Å². The number of aliphatic hydroxyl groups is 1. The molecule has 2 atom stereocenters. The zero-order chi connectivity index (χ0) is 16.6. The quantitative estimate of drug-likeness (QED) is 0.574. The van der Waals surface area contributed by atoms with E-state index in [1.165, 1.54) is 0 Å². The largest absolute Gasteiger partial charge is 0.374 e. The predicted molar refractivity (Wildman–Crippen MR) is 87.2 cm³/mol. The second-order valence-electron chi connectivity index (χ2n) is 5.92. The van der Waals surface area contributed by atoms with Gasteiger partial charge in [0.05, 0.1) is 0 Å². The summed E-state index contributed by atoms with van der Waals surface area (Å²) in [6.45, 7) is 6.33. The molecule has 118 valence electrons. The molecule has 3 rings (SSSR count). The molecule has 4 heteroatoms. The smallest absolute Gasteiger partial charge is 0.194 e. The Morgan fingerprint density at radius 2 is 1.57 bits per heavy atom. The van der Waals surface area contributed by atoms with E-state index in [4.69, 9.17) is 0 Å². The number of fused-ring (bicyclic) bond motifs is 2. The number of aliphatic hydroxyl groups excluding tert-OH is 1. The van der Waals surface area contributed by atoms with Crippen LogP contribution in [-0.2, 0) is 0 Å². The van der Waals surface area contributed by atoms with Crippen LogP contribution in [0.4, 0.5) is 0 Å². The molecule has 0 radical (unpaired) electrons. The SMILES string of the molecule is [CH2-]C(C)CNC(O)c1ccc2c(c1)C(=O)c1ccccc1C2=O. The third-order valence-corrected chi connectivity index (χ3v) is 3.92. The van der Waals surface area contributed by atoms with Gasteiger partial charge in [-0.25, -0.2) is 0 Å². The summed E-state index contributed by atoms with van der Waals surface area (Å²) in [7, 11) is 0. The number of benzene rings is 2. The van der Waals surface area contributed by atoms with Gasteiger partial charge in [-0.15, -0.1) is 0 Å². The number of rotatable bonds is 4. The van der Waals surface area contributed by atoms with Crippen LogP contribution < -0.4 is 5.32 Å². The van der Waals surface area contributed by atoms with E-state index in [0.29, 0.717) is 34.4 Å². The van der Waals surface area contributed by atoms with Crippen molar-refractivity contribution in [3.8, 4) is 0 Å². The Morgan fingerprint density at radius 1 is 1.00 bits per heavy atom. The van der Waals surface area contributed by atoms with Crippen molar-refractivity contribution < 1.29 is 14.7 Å². The first-order valence-electron chi connectivity index (χ1n) is 7.56. The second-order valence-corrected chi connectivity index (χ2v) is 5.92. The monoisotopic (exact) mass is 308 g/mol. The molecule has 23 heavy (non-hydrogen) atoms. The van der Waals surface area contributed by atoms with Crippen LogP contribution in [-0.4, -0.2) is 23.2 Å². The van der Waals surface area contributed by atoms with Crippen molar-refractivity contribution in [2.45, 2.75) is 13.2 Å². The van der Waals surface area contributed by atoms with E-state index in [1.807, 2.05) is 6.92 Å². The van der Waals surface area contributed by atoms with Crippen molar-refractivity contribution in [3.63, 3.8) is 0 Å². The average Bonchev–Trinajstić information content (AvgIpc) is 2.57. The molecular weight excluding hydrogens is 290 g/mol. The standard InChI is InChI=1S/C19H18NO3/c1-11(2)10-20-19(23)12-7-8-15-16(9-12)18(22)14-6-4-3-5-13(14)17(15)21/h3-9,11,19-20,23H,1,10H2,2H3/q-1. The molecule has 0 aliphatic heterocycles. The highest BCUT2D eigenvalue weighted by atomic mass is 16.3. The lowest BCUT2D eigenvalue weighted by Crippen LogP contribution is -2.26. The number of nitrogens with one attached hydrogen (secondary N) is 1. The van der Waals surface area contributed by atoms with E-state index < -0.39 is 6.23 Å². The van der Waals surface area contributed by atoms with Crippen molar-refractivity contribution in [1.82, 2.24) is 5.32 Å². The highest BCUT2D eigenvalue weighted by Crippen LogP contribution is 2.28. The van der Waals surface area contributed by atoms with Gasteiger partial charge in [-0.1, -0.05) is 37.3 Å². The molecule has 0 aromatic heterocycles. The highest BCUT2D eigenvalue weighted by Gasteiger charge is 2.29. The van der Waals surface area contributed by atoms with Gasteiger partial charge in [-0.3, -0.25) is 14.9 Å². The summed E-state index contributed by atoms with van der Waals surface area (Å²) in [5, 5.41) is 13.1. The van der Waals surface area contributed by atoms with Crippen molar-refractivity contribution >= 4 is 11.6 Å². The zero-order valence-electron chi connectivity index (χ0n) is 12.9. The molecule has 2 aromatic rings. The number of hydrogen-bond acceptors (Lipinski definition) is 4. The summed E-state index contributed by atoms with van der Waals surface area (Å²) < 4.78 is 0. The first-order chi connectivity index (χ1) is 11.0. The van der Waals surface area contributed by atoms with Gasteiger partial charge in [0.2, 0.25) is 0 Å². The van der Waals surface area contributed by atoms with Crippen LogP contribution in [0.3, 0.4) is 0 Å². The Labute approximate surface area is 135 Å². The molecule has 1 aliphatic rings. The van der Waals surface area contributed by atoms with Crippen molar-refractivity contribution in [2.75, 3.05) is 6.54 Å². The van der Waals surface area contributed by atoms with Gasteiger partial charge in [0, 0.05) is 22.3 Å². The summed E-state index contributed by atoms with van der Waals surface area (Å²) in [6, 6.07) is 11.7. The molecule has 4 nitrogen and oxygen atoms in total. The van der Waals surface area contributed by atoms with Crippen LogP contribution in [0.2, 0.25) is 0 Å². The zero-order valence-corrected chi connectivity index (χ0v) is 12.9. The Kier molecular flexibility index (Phi) is 4.11. The third-order valence-electron chi connectivity index (χ3n) is 3.92. The molecule has 2 aromatic carbocycles. The molecule has 0 amide bonds. The molecule has 0 saturated carbocycles. The molecule has 1 aliphatic carbocycles. The minimum absolute atomic E-state index is 0.150. The predicted octanol–water partition coefficient (Wildman–Crippen LogP) is 2.51. The lowest BCUT2D eigenvalue weighted by atomic mass is 9.83. The van der Waals surface area contributed by atoms with Crippen LogP contribution in [0, 0.1) is 12.8 Å². The van der Waals surface area contributed by atoms with E-state index >= 15 is 0 Å². The Morgan fingerprint density at radius 3 is 2.17 bits per heavy atom. The molecule has 0 fully saturated rings. The molecule has 0 saturated heterocycles. The average molecular weight is 308 g/mol. The van der Waals surface area contributed by atoms with E-state index in [1.54, 1.807) is 42.5 Å². The fourth-order valence-corrected chi connectivity index (χ4v) is 2.72. The maximum atomic E-state index is 12.6. The van der Waals surface area contributed by atoms with Gasteiger partial charge in [0.25, 0.3) is 0 Å². The first-order valence-corrected chi connectivity index (χ1v) is 7.56. The van der Waals surface area contributed by atoms with Gasteiger partial charge in [-0.2, -0.15) is 5.92 Å². The van der Waals surface area contributed by atoms with Crippen LogP contribution >= 0.6 is 0 Å². The van der Waals surface area contributed by atoms with Crippen LogP contribution in [0.15, 0.2) is 42.5 Å². The highest BCUT2D eigenvalue weighted by molar-refractivity contribution is 6.28. The molecular formula is C19H18NO3-. The van der Waals surface area contributed by atoms with Crippen molar-refractivity contribution in [3.05, 3.63) is 77.2 Å². The third kappa shape index (κ3) is 2.83. The number of ketones is 2. The Hall–Kier alpha value is -2.30. The normalized spacial score (nSPS) is 15.8. The Balaban J connectivity index is 1.97. The molecule has 2 unspecified atom stereocenters. The lowest BCUT2D eigenvalue weighted by molar-refractivity contribution is 0.0978. The maximum absolute atomic E-state index is 12.6. The number of carbonyl (C=O) groups excluding carboxylic acids is 2. The van der Waals surface area contributed by atoms with Crippen LogP contribution in [0.1, 0.15) is 50.6 Å². The maximum Gasteiger partial charge on any atom is 0.194 e. The topological polar surface area (TPSA) is 66.4 Å². The molecule has 0 spiro atoms. The second kappa shape index (κ2) is 6.07. The van der Waals surface area contributed by atoms with Crippen LogP contribution in [0.25, 0.3) is 0 Å². The minimum Gasteiger partial charge on any atom is -0.374 e. The van der Waals surface area contributed by atoms with Gasteiger partial charge in [0.1, 0.15) is 6.23 Å². The summed E-state index contributed by atoms with van der Waals surface area (Å²) >= 11 is 0. The van der Waals surface area contributed by atoms with Crippen LogP contribution in [0.5, 0.6) is 0 Å². The first kappa shape index (κ1) is 15.6. The summed E-state index contributed by atoms with van der Waals surface area (Å²) in [4.78, 5) is 25.1. The fourth-order valence-electron chi connectivity index (χ4n) is 2.72. The Bertz CT molecular complexity index is 780. The lowest BCUT2D eigenvalue weighted by Gasteiger charge is -2.21. The van der Waals surface area contributed by atoms with Gasteiger partial charge in [-0.05, 0) is 24.2 Å². The molecule has 0 heterocycles. The number of hydrogen-bond donors (Lipinski definition) is 2.